The second-order valence-electron chi connectivity index (χ2n) is 7.90. The lowest BCUT2D eigenvalue weighted by Crippen LogP contribution is -2.52. The van der Waals surface area contributed by atoms with Gasteiger partial charge in [0.15, 0.2) is 0 Å². The van der Waals surface area contributed by atoms with Gasteiger partial charge in [0.1, 0.15) is 0 Å². The molecule has 0 spiro atoms. The minimum atomic E-state index is 0.331. The summed E-state index contributed by atoms with van der Waals surface area (Å²) in [6.45, 7) is 7.93. The van der Waals surface area contributed by atoms with Crippen LogP contribution < -0.4 is 10.6 Å². The first-order valence-electron chi connectivity index (χ1n) is 9.08. The average Bonchev–Trinajstić information content (AvgIpc) is 2.52. The monoisotopic (exact) mass is 296 g/mol. The lowest BCUT2D eigenvalue weighted by molar-refractivity contribution is 0.134. The molecule has 21 heavy (non-hydrogen) atoms. The molecule has 2 rings (SSSR count). The van der Waals surface area contributed by atoms with Gasteiger partial charge in [-0.15, -0.1) is 0 Å². The van der Waals surface area contributed by atoms with E-state index >= 15 is 0 Å². The van der Waals surface area contributed by atoms with Gasteiger partial charge in [0.2, 0.25) is 0 Å². The second kappa shape index (κ2) is 8.50. The van der Waals surface area contributed by atoms with Crippen molar-refractivity contribution in [3.05, 3.63) is 0 Å². The number of hydrogen-bond donors (Lipinski definition) is 2. The van der Waals surface area contributed by atoms with E-state index in [1.54, 1.807) is 7.11 Å². The van der Waals surface area contributed by atoms with Crippen LogP contribution in [-0.2, 0) is 4.74 Å². The van der Waals surface area contributed by atoms with Gasteiger partial charge in [-0.05, 0) is 50.0 Å². The Morgan fingerprint density at radius 2 is 1.86 bits per heavy atom. The molecule has 0 aromatic carbocycles. The zero-order valence-corrected chi connectivity index (χ0v) is 14.4. The van der Waals surface area contributed by atoms with Crippen LogP contribution in [0.5, 0.6) is 0 Å². The fourth-order valence-corrected chi connectivity index (χ4v) is 4.01. The molecule has 1 aliphatic carbocycles. The first-order valence-corrected chi connectivity index (χ1v) is 9.08. The molecule has 2 fully saturated rings. The average molecular weight is 296 g/mol. The van der Waals surface area contributed by atoms with Gasteiger partial charge in [-0.3, -0.25) is 0 Å². The Labute approximate surface area is 131 Å². The maximum atomic E-state index is 5.25. The van der Waals surface area contributed by atoms with E-state index in [9.17, 15) is 0 Å². The van der Waals surface area contributed by atoms with Gasteiger partial charge >= 0.3 is 0 Å². The molecule has 1 saturated heterocycles. The zero-order valence-electron chi connectivity index (χ0n) is 14.4. The summed E-state index contributed by atoms with van der Waals surface area (Å²) in [6, 6.07) is 1.48. The number of piperidine rings is 1. The highest BCUT2D eigenvalue weighted by molar-refractivity contribution is 4.91. The van der Waals surface area contributed by atoms with Gasteiger partial charge in [-0.1, -0.05) is 33.1 Å². The maximum Gasteiger partial charge on any atom is 0.0467 e. The molecule has 2 N–H and O–H groups in total. The second-order valence-corrected chi connectivity index (χ2v) is 7.90. The zero-order chi connectivity index (χ0) is 15.1. The Balaban J connectivity index is 1.83. The molecule has 0 aromatic heterocycles. The summed E-state index contributed by atoms with van der Waals surface area (Å²) in [5.41, 5.74) is 0.331. The lowest BCUT2D eigenvalue weighted by atomic mass is 9.76. The number of nitrogens with one attached hydrogen (secondary N) is 2. The van der Waals surface area contributed by atoms with Crippen molar-refractivity contribution in [1.82, 2.24) is 10.6 Å². The van der Waals surface area contributed by atoms with Crippen LogP contribution in [0.15, 0.2) is 0 Å². The van der Waals surface area contributed by atoms with Crippen LogP contribution in [0.4, 0.5) is 0 Å². The molecule has 3 heteroatoms. The summed E-state index contributed by atoms with van der Waals surface area (Å²) >= 11 is 0. The molecular weight excluding hydrogens is 260 g/mol. The molecule has 3 atom stereocenters. The molecule has 2 aliphatic rings. The molecule has 0 radical (unpaired) electrons. The van der Waals surface area contributed by atoms with Gasteiger partial charge in [-0.25, -0.2) is 0 Å². The van der Waals surface area contributed by atoms with Crippen molar-refractivity contribution in [2.24, 2.45) is 11.3 Å². The highest BCUT2D eigenvalue weighted by Gasteiger charge is 2.33. The van der Waals surface area contributed by atoms with Crippen LogP contribution in [0.3, 0.4) is 0 Å². The third-order valence-electron chi connectivity index (χ3n) is 5.51. The first kappa shape index (κ1) is 17.2. The number of ether oxygens (including phenoxy) is 1. The van der Waals surface area contributed by atoms with Gasteiger partial charge in [0.05, 0.1) is 0 Å². The summed E-state index contributed by atoms with van der Waals surface area (Å²) in [6.07, 6.45) is 10.9. The van der Waals surface area contributed by atoms with Gasteiger partial charge < -0.3 is 15.4 Å². The van der Waals surface area contributed by atoms with Crippen molar-refractivity contribution in [3.8, 4) is 0 Å². The molecule has 1 aliphatic heterocycles. The van der Waals surface area contributed by atoms with E-state index in [4.69, 9.17) is 4.74 Å². The van der Waals surface area contributed by atoms with Crippen LogP contribution in [0, 0.1) is 11.3 Å². The van der Waals surface area contributed by atoms with Gasteiger partial charge in [-0.2, -0.15) is 0 Å². The molecular formula is C18H36N2O. The van der Waals surface area contributed by atoms with E-state index in [1.807, 2.05) is 0 Å². The molecule has 1 saturated carbocycles. The number of rotatable bonds is 7. The predicted octanol–water partition coefficient (Wildman–Crippen LogP) is 3.34. The SMILES string of the molecule is COCCC(C)(C)CNC1CCCCC1C1CCCCN1. The first-order chi connectivity index (χ1) is 10.1. The smallest absolute Gasteiger partial charge is 0.0467 e. The van der Waals surface area contributed by atoms with E-state index in [0.717, 1.165) is 37.6 Å². The summed E-state index contributed by atoms with van der Waals surface area (Å²) < 4.78 is 5.25. The maximum absolute atomic E-state index is 5.25. The van der Waals surface area contributed by atoms with E-state index < -0.39 is 0 Å². The van der Waals surface area contributed by atoms with E-state index in [0.29, 0.717) is 5.41 Å². The Hall–Kier alpha value is -0.120. The number of methoxy groups -OCH3 is 1. The highest BCUT2D eigenvalue weighted by Crippen LogP contribution is 2.31. The fraction of sp³-hybridized carbons (Fsp3) is 1.00. The lowest BCUT2D eigenvalue weighted by Gasteiger charge is -2.41. The normalized spacial score (nSPS) is 31.3. The van der Waals surface area contributed by atoms with Crippen LogP contribution in [0.2, 0.25) is 0 Å². The summed E-state index contributed by atoms with van der Waals surface area (Å²) in [4.78, 5) is 0. The molecule has 0 amide bonds. The number of hydrogen-bond acceptors (Lipinski definition) is 3. The van der Waals surface area contributed by atoms with Crippen molar-refractivity contribution < 1.29 is 4.74 Å². The fourth-order valence-electron chi connectivity index (χ4n) is 4.01. The van der Waals surface area contributed by atoms with Gasteiger partial charge in [0, 0.05) is 32.3 Å². The van der Waals surface area contributed by atoms with Crippen LogP contribution in [0.1, 0.15) is 65.2 Å². The molecule has 0 bridgehead atoms. The Kier molecular flexibility index (Phi) is 6.97. The van der Waals surface area contributed by atoms with Crippen molar-refractivity contribution in [1.29, 1.82) is 0 Å². The largest absolute Gasteiger partial charge is 0.385 e. The molecule has 0 aromatic rings. The van der Waals surface area contributed by atoms with Crippen molar-refractivity contribution in [2.45, 2.75) is 77.3 Å². The third kappa shape index (κ3) is 5.54. The van der Waals surface area contributed by atoms with Crippen molar-refractivity contribution in [3.63, 3.8) is 0 Å². The Morgan fingerprint density at radius 1 is 1.10 bits per heavy atom. The summed E-state index contributed by atoms with van der Waals surface area (Å²) in [7, 11) is 1.80. The molecule has 1 heterocycles. The molecule has 3 nitrogen and oxygen atoms in total. The van der Waals surface area contributed by atoms with Crippen LogP contribution >= 0.6 is 0 Å². The predicted molar refractivity (Wildman–Crippen MR) is 89.7 cm³/mol. The molecule has 3 unspecified atom stereocenters. The third-order valence-corrected chi connectivity index (χ3v) is 5.51. The molecule has 124 valence electrons. The minimum Gasteiger partial charge on any atom is -0.385 e. The minimum absolute atomic E-state index is 0.331. The van der Waals surface area contributed by atoms with E-state index in [2.05, 4.69) is 24.5 Å². The quantitative estimate of drug-likeness (QED) is 0.756. The van der Waals surface area contributed by atoms with Crippen molar-refractivity contribution >= 4 is 0 Å². The Morgan fingerprint density at radius 3 is 2.57 bits per heavy atom. The topological polar surface area (TPSA) is 33.3 Å². The van der Waals surface area contributed by atoms with Gasteiger partial charge in [0.25, 0.3) is 0 Å². The highest BCUT2D eigenvalue weighted by atomic mass is 16.5. The summed E-state index contributed by atoms with van der Waals surface area (Å²) in [5, 5.41) is 7.71. The van der Waals surface area contributed by atoms with Crippen LogP contribution in [-0.4, -0.2) is 38.9 Å². The Bertz CT molecular complexity index is 287. The van der Waals surface area contributed by atoms with Crippen molar-refractivity contribution in [2.75, 3.05) is 26.8 Å². The van der Waals surface area contributed by atoms with E-state index in [1.165, 1.54) is 51.5 Å². The standard InChI is InChI=1S/C18H36N2O/c1-18(2,11-13-21-3)14-20-17-9-5-4-8-15(17)16-10-6-7-12-19-16/h15-17,19-20H,4-14H2,1-3H3. The van der Waals surface area contributed by atoms with Crippen LogP contribution in [0.25, 0.3) is 0 Å². The summed E-state index contributed by atoms with van der Waals surface area (Å²) in [5.74, 6) is 0.845. The van der Waals surface area contributed by atoms with E-state index in [-0.39, 0.29) is 0 Å².